The van der Waals surface area contributed by atoms with Gasteiger partial charge in [0.25, 0.3) is 0 Å². The number of hydrogen-bond donors (Lipinski definition) is 0. The van der Waals surface area contributed by atoms with Crippen molar-refractivity contribution in [3.8, 4) is 0 Å². The average Bonchev–Trinajstić information content (AvgIpc) is 2.67. The third-order valence-electron chi connectivity index (χ3n) is 3.02. The summed E-state index contributed by atoms with van der Waals surface area (Å²) in [5.41, 5.74) is 0. The van der Waals surface area contributed by atoms with E-state index in [1.807, 2.05) is 16.7 Å². The minimum absolute atomic E-state index is 0.129. The Balaban J connectivity index is 1.94. The van der Waals surface area contributed by atoms with Gasteiger partial charge in [-0.15, -0.1) is 0 Å². The molecule has 2 fully saturated rings. The molecule has 1 unspecified atom stereocenters. The van der Waals surface area contributed by atoms with Crippen molar-refractivity contribution in [2.75, 3.05) is 32.1 Å². The van der Waals surface area contributed by atoms with E-state index in [0.717, 1.165) is 31.9 Å². The average molecular weight is 229 g/mol. The zero-order valence-electron chi connectivity index (χ0n) is 9.49. The lowest BCUT2D eigenvalue weighted by atomic mass is 10.1. The fraction of sp³-hybridized carbons (Fsp3) is 0.909. The fourth-order valence-electron chi connectivity index (χ4n) is 2.19. The number of thioether (sulfide) groups is 1. The molecule has 1 atom stereocenters. The molecular weight excluding hydrogens is 210 g/mol. The van der Waals surface area contributed by atoms with Crippen molar-refractivity contribution in [3.63, 3.8) is 0 Å². The van der Waals surface area contributed by atoms with Crippen LogP contribution in [0, 0.1) is 5.92 Å². The predicted octanol–water partition coefficient (Wildman–Crippen LogP) is 1.38. The van der Waals surface area contributed by atoms with E-state index in [1.165, 1.54) is 0 Å². The maximum atomic E-state index is 12.1. The van der Waals surface area contributed by atoms with Crippen molar-refractivity contribution < 1.29 is 9.53 Å². The maximum Gasteiger partial charge on any atom is 0.228 e. The Morgan fingerprint density at radius 1 is 1.53 bits per heavy atom. The van der Waals surface area contributed by atoms with Crippen molar-refractivity contribution in [1.82, 2.24) is 4.90 Å². The van der Waals surface area contributed by atoms with Crippen LogP contribution < -0.4 is 0 Å². The van der Waals surface area contributed by atoms with Crippen LogP contribution >= 0.6 is 11.8 Å². The summed E-state index contributed by atoms with van der Waals surface area (Å²) in [7, 11) is 0. The van der Waals surface area contributed by atoms with Crippen LogP contribution in [-0.2, 0) is 9.53 Å². The Morgan fingerprint density at radius 2 is 2.33 bits per heavy atom. The first-order valence-electron chi connectivity index (χ1n) is 5.59. The van der Waals surface area contributed by atoms with E-state index in [-0.39, 0.29) is 10.7 Å². The van der Waals surface area contributed by atoms with E-state index in [4.69, 9.17) is 4.74 Å². The fourth-order valence-corrected chi connectivity index (χ4v) is 3.30. The lowest BCUT2D eigenvalue weighted by Gasteiger charge is -2.38. The number of nitrogens with zero attached hydrogens (tertiary/aromatic N) is 1. The second-order valence-electron chi connectivity index (χ2n) is 4.93. The number of carbonyl (C=O) groups is 1. The second kappa shape index (κ2) is 4.34. The van der Waals surface area contributed by atoms with Gasteiger partial charge in [-0.1, -0.05) is 0 Å². The molecule has 2 rings (SSSR count). The van der Waals surface area contributed by atoms with Crippen LogP contribution in [0.15, 0.2) is 0 Å². The van der Waals surface area contributed by atoms with E-state index >= 15 is 0 Å². The minimum Gasteiger partial charge on any atom is -0.381 e. The molecule has 0 radical (unpaired) electrons. The normalized spacial score (nSPS) is 30.5. The first-order chi connectivity index (χ1) is 7.08. The van der Waals surface area contributed by atoms with Gasteiger partial charge in [-0.25, -0.2) is 0 Å². The van der Waals surface area contributed by atoms with Gasteiger partial charge in [0.05, 0.1) is 12.5 Å². The Kier molecular flexibility index (Phi) is 3.26. The molecule has 2 saturated heterocycles. The van der Waals surface area contributed by atoms with E-state index in [1.54, 1.807) is 0 Å². The van der Waals surface area contributed by atoms with E-state index in [0.29, 0.717) is 12.5 Å². The molecule has 0 spiro atoms. The lowest BCUT2D eigenvalue weighted by Crippen LogP contribution is -2.48. The van der Waals surface area contributed by atoms with Crippen LogP contribution in [0.2, 0.25) is 0 Å². The van der Waals surface area contributed by atoms with Crippen molar-refractivity contribution in [2.24, 2.45) is 5.92 Å². The highest BCUT2D eigenvalue weighted by molar-refractivity contribution is 8.00. The highest BCUT2D eigenvalue weighted by Crippen LogP contribution is 2.30. The number of amides is 1. The highest BCUT2D eigenvalue weighted by Gasteiger charge is 2.34. The van der Waals surface area contributed by atoms with E-state index in [2.05, 4.69) is 13.8 Å². The summed E-state index contributed by atoms with van der Waals surface area (Å²) in [5, 5.41) is 0. The van der Waals surface area contributed by atoms with Crippen LogP contribution in [0.4, 0.5) is 0 Å². The van der Waals surface area contributed by atoms with Gasteiger partial charge in [-0.3, -0.25) is 4.79 Å². The number of carbonyl (C=O) groups excluding carboxylic acids is 1. The summed E-state index contributed by atoms with van der Waals surface area (Å²) >= 11 is 1.96. The smallest absolute Gasteiger partial charge is 0.228 e. The summed E-state index contributed by atoms with van der Waals surface area (Å²) in [6, 6.07) is 0. The van der Waals surface area contributed by atoms with Crippen LogP contribution in [0.1, 0.15) is 20.3 Å². The van der Waals surface area contributed by atoms with Crippen molar-refractivity contribution in [3.05, 3.63) is 0 Å². The molecule has 0 aromatic carbocycles. The Labute approximate surface area is 95.5 Å². The zero-order chi connectivity index (χ0) is 10.9. The maximum absolute atomic E-state index is 12.1. The monoisotopic (exact) mass is 229 g/mol. The van der Waals surface area contributed by atoms with Crippen LogP contribution in [0.3, 0.4) is 0 Å². The quantitative estimate of drug-likeness (QED) is 0.680. The molecule has 1 amide bonds. The van der Waals surface area contributed by atoms with Gasteiger partial charge in [0.1, 0.15) is 0 Å². The van der Waals surface area contributed by atoms with E-state index in [9.17, 15) is 4.79 Å². The van der Waals surface area contributed by atoms with Gasteiger partial charge in [-0.2, -0.15) is 11.8 Å². The van der Waals surface area contributed by atoms with Crippen molar-refractivity contribution in [1.29, 1.82) is 0 Å². The molecule has 3 nitrogen and oxygen atoms in total. The Morgan fingerprint density at radius 3 is 2.93 bits per heavy atom. The van der Waals surface area contributed by atoms with Crippen LogP contribution in [0.25, 0.3) is 0 Å². The van der Waals surface area contributed by atoms with Gasteiger partial charge in [0, 0.05) is 30.2 Å². The molecule has 0 saturated carbocycles. The molecule has 0 aliphatic carbocycles. The molecular formula is C11H19NO2S. The molecule has 4 heteroatoms. The molecule has 0 aromatic heterocycles. The van der Waals surface area contributed by atoms with Crippen molar-refractivity contribution >= 4 is 17.7 Å². The molecule has 0 N–H and O–H groups in total. The summed E-state index contributed by atoms with van der Waals surface area (Å²) in [5.74, 6) is 1.50. The molecule has 2 aliphatic heterocycles. The summed E-state index contributed by atoms with van der Waals surface area (Å²) in [6.07, 6.45) is 0.906. The molecule has 2 aliphatic rings. The molecule has 15 heavy (non-hydrogen) atoms. The number of hydrogen-bond acceptors (Lipinski definition) is 3. The second-order valence-corrected chi connectivity index (χ2v) is 6.73. The van der Waals surface area contributed by atoms with Gasteiger partial charge < -0.3 is 9.64 Å². The first kappa shape index (κ1) is 11.3. The summed E-state index contributed by atoms with van der Waals surface area (Å²) in [4.78, 5) is 14.1. The van der Waals surface area contributed by atoms with Gasteiger partial charge in [0.2, 0.25) is 5.91 Å². The van der Waals surface area contributed by atoms with Gasteiger partial charge >= 0.3 is 0 Å². The summed E-state index contributed by atoms with van der Waals surface area (Å²) < 4.78 is 5.48. The van der Waals surface area contributed by atoms with Crippen LogP contribution in [-0.4, -0.2) is 47.6 Å². The topological polar surface area (TPSA) is 29.5 Å². The molecule has 86 valence electrons. The molecule has 2 heterocycles. The predicted molar refractivity (Wildman–Crippen MR) is 62.0 cm³/mol. The highest BCUT2D eigenvalue weighted by atomic mass is 32.2. The number of rotatable bonds is 1. The van der Waals surface area contributed by atoms with Crippen molar-refractivity contribution in [2.45, 2.75) is 25.0 Å². The Bertz CT molecular complexity index is 249. The minimum atomic E-state index is 0.129. The standard InChI is InChI=1S/C11H19NO2S/c1-11(2)8-12(4-6-15-11)10(13)9-3-5-14-7-9/h9H,3-8H2,1-2H3. The van der Waals surface area contributed by atoms with E-state index < -0.39 is 0 Å². The Hall–Kier alpha value is -0.220. The summed E-state index contributed by atoms with van der Waals surface area (Å²) in [6.45, 7) is 7.59. The zero-order valence-corrected chi connectivity index (χ0v) is 10.3. The van der Waals surface area contributed by atoms with Gasteiger partial charge in [-0.05, 0) is 20.3 Å². The number of ether oxygens (including phenoxy) is 1. The molecule has 0 aromatic rings. The largest absolute Gasteiger partial charge is 0.381 e. The third kappa shape index (κ3) is 2.67. The van der Waals surface area contributed by atoms with Gasteiger partial charge in [0.15, 0.2) is 0 Å². The first-order valence-corrected chi connectivity index (χ1v) is 6.57. The SMILES string of the molecule is CC1(C)CN(C(=O)C2CCOC2)CCS1. The third-order valence-corrected chi connectivity index (χ3v) is 4.31. The van der Waals surface area contributed by atoms with Crippen LogP contribution in [0.5, 0.6) is 0 Å². The molecule has 0 bridgehead atoms. The lowest BCUT2D eigenvalue weighted by molar-refractivity contribution is -0.135.